The number of benzene rings is 2. The Hall–Kier alpha value is -2.96. The van der Waals surface area contributed by atoms with Crippen LogP contribution in [-0.4, -0.2) is 33.8 Å². The van der Waals surface area contributed by atoms with Gasteiger partial charge < -0.3 is 24.8 Å². The van der Waals surface area contributed by atoms with Crippen molar-refractivity contribution in [1.82, 2.24) is 0 Å². The summed E-state index contributed by atoms with van der Waals surface area (Å²) in [6.07, 6.45) is 0.172. The van der Waals surface area contributed by atoms with Crippen LogP contribution in [0.3, 0.4) is 0 Å². The molecular formula is C18H21FN2O4. The highest BCUT2D eigenvalue weighted by Crippen LogP contribution is 2.39. The molecule has 0 fully saturated rings. The van der Waals surface area contributed by atoms with Crippen molar-refractivity contribution in [3.8, 4) is 17.2 Å². The molecule has 0 aliphatic carbocycles. The van der Waals surface area contributed by atoms with Gasteiger partial charge in [0, 0.05) is 30.8 Å². The van der Waals surface area contributed by atoms with Crippen molar-refractivity contribution in [2.75, 3.05) is 38.5 Å². The number of hydrogen-bond acceptors (Lipinski definition) is 5. The lowest BCUT2D eigenvalue weighted by atomic mass is 10.2. The van der Waals surface area contributed by atoms with E-state index in [-0.39, 0.29) is 18.0 Å². The summed E-state index contributed by atoms with van der Waals surface area (Å²) in [6, 6.07) is 9.53. The van der Waals surface area contributed by atoms with Crippen LogP contribution in [0.1, 0.15) is 6.42 Å². The van der Waals surface area contributed by atoms with Crippen LogP contribution >= 0.6 is 0 Å². The van der Waals surface area contributed by atoms with E-state index < -0.39 is 5.82 Å². The molecule has 0 aromatic heterocycles. The Bertz CT molecular complexity index is 712. The molecule has 134 valence electrons. The first kappa shape index (κ1) is 18.4. The fourth-order valence-electron chi connectivity index (χ4n) is 2.28. The van der Waals surface area contributed by atoms with Gasteiger partial charge in [0.1, 0.15) is 5.82 Å². The van der Waals surface area contributed by atoms with Gasteiger partial charge in [0.15, 0.2) is 11.5 Å². The molecule has 0 saturated heterocycles. The zero-order valence-corrected chi connectivity index (χ0v) is 14.4. The average Bonchev–Trinajstić information content (AvgIpc) is 2.62. The van der Waals surface area contributed by atoms with Gasteiger partial charge in [0.05, 0.1) is 27.0 Å². The van der Waals surface area contributed by atoms with Crippen LogP contribution in [0.25, 0.3) is 0 Å². The highest BCUT2D eigenvalue weighted by Gasteiger charge is 2.13. The molecular weight excluding hydrogens is 327 g/mol. The van der Waals surface area contributed by atoms with E-state index in [0.29, 0.717) is 29.5 Å². The number of methoxy groups -OCH3 is 3. The predicted octanol–water partition coefficient (Wildman–Crippen LogP) is 3.29. The van der Waals surface area contributed by atoms with Crippen LogP contribution in [0.2, 0.25) is 0 Å². The van der Waals surface area contributed by atoms with Crippen molar-refractivity contribution in [1.29, 1.82) is 0 Å². The van der Waals surface area contributed by atoms with Gasteiger partial charge in [-0.1, -0.05) is 12.1 Å². The number of rotatable bonds is 8. The van der Waals surface area contributed by atoms with Crippen molar-refractivity contribution < 1.29 is 23.4 Å². The summed E-state index contributed by atoms with van der Waals surface area (Å²) in [4.78, 5) is 11.9. The molecule has 0 heterocycles. The standard InChI is InChI=1S/C18H21FN2O4/c1-23-15-10-12(11-16(24-2)18(15)25-3)20-9-8-17(22)21-14-7-5-4-6-13(14)19/h4-7,10-11,20H,8-9H2,1-3H3,(H,21,22). The van der Waals surface area contributed by atoms with Crippen LogP contribution in [-0.2, 0) is 4.79 Å². The molecule has 0 bridgehead atoms. The molecule has 0 radical (unpaired) electrons. The molecule has 0 saturated carbocycles. The quantitative estimate of drug-likeness (QED) is 0.766. The Morgan fingerprint density at radius 2 is 1.68 bits per heavy atom. The van der Waals surface area contributed by atoms with E-state index in [1.165, 1.54) is 33.5 Å². The smallest absolute Gasteiger partial charge is 0.226 e. The van der Waals surface area contributed by atoms with Crippen molar-refractivity contribution >= 4 is 17.3 Å². The maximum atomic E-state index is 13.5. The molecule has 2 aromatic rings. The summed E-state index contributed by atoms with van der Waals surface area (Å²) in [6.45, 7) is 0.360. The highest BCUT2D eigenvalue weighted by molar-refractivity contribution is 5.91. The molecule has 7 heteroatoms. The highest BCUT2D eigenvalue weighted by atomic mass is 19.1. The summed E-state index contributed by atoms with van der Waals surface area (Å²) in [5.74, 6) is 0.770. The van der Waals surface area contributed by atoms with E-state index in [2.05, 4.69) is 10.6 Å². The molecule has 25 heavy (non-hydrogen) atoms. The fourth-order valence-corrected chi connectivity index (χ4v) is 2.28. The maximum Gasteiger partial charge on any atom is 0.226 e. The molecule has 0 aliphatic heterocycles. The first-order chi connectivity index (χ1) is 12.1. The first-order valence-corrected chi connectivity index (χ1v) is 7.67. The molecule has 0 unspecified atom stereocenters. The minimum atomic E-state index is -0.464. The minimum absolute atomic E-state index is 0.167. The molecule has 0 atom stereocenters. The van der Waals surface area contributed by atoms with Gasteiger partial charge in [-0.25, -0.2) is 4.39 Å². The maximum absolute atomic E-state index is 13.5. The Morgan fingerprint density at radius 3 is 2.24 bits per heavy atom. The lowest BCUT2D eigenvalue weighted by Gasteiger charge is -2.15. The van der Waals surface area contributed by atoms with Gasteiger partial charge in [0.2, 0.25) is 11.7 Å². The topological polar surface area (TPSA) is 68.8 Å². The number of carbonyl (C=O) groups is 1. The number of nitrogens with one attached hydrogen (secondary N) is 2. The molecule has 0 aliphatic rings. The average molecular weight is 348 g/mol. The zero-order chi connectivity index (χ0) is 18.2. The van der Waals surface area contributed by atoms with Crippen LogP contribution in [0.15, 0.2) is 36.4 Å². The molecule has 2 rings (SSSR count). The second-order valence-corrected chi connectivity index (χ2v) is 5.12. The number of halogens is 1. The van der Waals surface area contributed by atoms with Gasteiger partial charge in [-0.05, 0) is 12.1 Å². The first-order valence-electron chi connectivity index (χ1n) is 7.67. The van der Waals surface area contributed by atoms with E-state index >= 15 is 0 Å². The van der Waals surface area contributed by atoms with E-state index in [0.717, 1.165) is 0 Å². The van der Waals surface area contributed by atoms with Gasteiger partial charge in [-0.3, -0.25) is 4.79 Å². The Morgan fingerprint density at radius 1 is 1.04 bits per heavy atom. The molecule has 6 nitrogen and oxygen atoms in total. The summed E-state index contributed by atoms with van der Waals surface area (Å²) >= 11 is 0. The van der Waals surface area contributed by atoms with Crippen molar-refractivity contribution in [2.45, 2.75) is 6.42 Å². The van der Waals surface area contributed by atoms with Crippen LogP contribution in [0.5, 0.6) is 17.2 Å². The third-order valence-corrected chi connectivity index (χ3v) is 3.49. The summed E-state index contributed by atoms with van der Waals surface area (Å²) in [5.41, 5.74) is 0.883. The Balaban J connectivity index is 1.95. The largest absolute Gasteiger partial charge is 0.493 e. The van der Waals surface area contributed by atoms with Crippen LogP contribution in [0.4, 0.5) is 15.8 Å². The molecule has 1 amide bonds. The van der Waals surface area contributed by atoms with Gasteiger partial charge in [-0.2, -0.15) is 0 Å². The molecule has 0 spiro atoms. The number of hydrogen-bond donors (Lipinski definition) is 2. The zero-order valence-electron chi connectivity index (χ0n) is 14.4. The minimum Gasteiger partial charge on any atom is -0.493 e. The Labute approximate surface area is 145 Å². The third-order valence-electron chi connectivity index (χ3n) is 3.49. The SMILES string of the molecule is COc1cc(NCCC(=O)Nc2ccccc2F)cc(OC)c1OC. The second-order valence-electron chi connectivity index (χ2n) is 5.12. The number of ether oxygens (including phenoxy) is 3. The fraction of sp³-hybridized carbons (Fsp3) is 0.278. The van der Waals surface area contributed by atoms with Crippen molar-refractivity contribution in [3.05, 3.63) is 42.2 Å². The van der Waals surface area contributed by atoms with E-state index in [9.17, 15) is 9.18 Å². The second kappa shape index (κ2) is 8.77. The Kier molecular flexibility index (Phi) is 6.45. The van der Waals surface area contributed by atoms with Crippen LogP contribution in [0, 0.1) is 5.82 Å². The number of carbonyl (C=O) groups excluding carboxylic acids is 1. The summed E-state index contributed by atoms with van der Waals surface area (Å²) < 4.78 is 29.3. The van der Waals surface area contributed by atoms with Gasteiger partial charge >= 0.3 is 0 Å². The number of amides is 1. The van der Waals surface area contributed by atoms with Crippen molar-refractivity contribution in [3.63, 3.8) is 0 Å². The van der Waals surface area contributed by atoms with Gasteiger partial charge in [0.25, 0.3) is 0 Å². The van der Waals surface area contributed by atoms with E-state index in [1.54, 1.807) is 24.3 Å². The predicted molar refractivity (Wildman–Crippen MR) is 94.2 cm³/mol. The van der Waals surface area contributed by atoms with E-state index in [4.69, 9.17) is 14.2 Å². The lowest BCUT2D eigenvalue weighted by Crippen LogP contribution is -2.17. The summed E-state index contributed by atoms with van der Waals surface area (Å²) in [7, 11) is 4.59. The molecule has 2 N–H and O–H groups in total. The normalized spacial score (nSPS) is 10.1. The number of para-hydroxylation sites is 1. The number of anilines is 2. The lowest BCUT2D eigenvalue weighted by molar-refractivity contribution is -0.116. The monoisotopic (exact) mass is 348 g/mol. The third kappa shape index (κ3) is 4.76. The molecule has 2 aromatic carbocycles. The van der Waals surface area contributed by atoms with E-state index in [1.807, 2.05) is 0 Å². The van der Waals surface area contributed by atoms with Crippen molar-refractivity contribution in [2.24, 2.45) is 0 Å². The summed E-state index contributed by atoms with van der Waals surface area (Å²) in [5, 5.41) is 5.64. The van der Waals surface area contributed by atoms with Gasteiger partial charge in [-0.15, -0.1) is 0 Å². The van der Waals surface area contributed by atoms with Crippen LogP contribution < -0.4 is 24.8 Å².